The van der Waals surface area contributed by atoms with Gasteiger partial charge in [0.2, 0.25) is 0 Å². The van der Waals surface area contributed by atoms with E-state index in [1.807, 2.05) is 48.6 Å². The predicted octanol–water partition coefficient (Wildman–Crippen LogP) is 5.94. The first-order valence-electron chi connectivity index (χ1n) is 8.85. The average Bonchev–Trinajstić information content (AvgIpc) is 3.02. The van der Waals surface area contributed by atoms with E-state index in [-0.39, 0.29) is 5.97 Å². The van der Waals surface area contributed by atoms with Gasteiger partial charge in [0.15, 0.2) is 0 Å². The molecular weight excluding hydrogens is 320 g/mol. The van der Waals surface area contributed by atoms with Crippen molar-refractivity contribution in [1.29, 1.82) is 0 Å². The van der Waals surface area contributed by atoms with Gasteiger partial charge >= 0.3 is 5.97 Å². The summed E-state index contributed by atoms with van der Waals surface area (Å²) in [6.45, 7) is 4.33. The van der Waals surface area contributed by atoms with E-state index in [2.05, 4.69) is 44.2 Å². The van der Waals surface area contributed by atoms with Crippen molar-refractivity contribution >= 4 is 28.6 Å². The van der Waals surface area contributed by atoms with Crippen LogP contribution in [0.5, 0.6) is 0 Å². The molecule has 3 aromatic carbocycles. The molecule has 0 unspecified atom stereocenters. The SMILES string of the molecule is CC(C)c1ccc(/C=C2/C=C(c3ccc4ccccc4c3)OC2=O)cc1. The Hall–Kier alpha value is -3.13. The number of benzene rings is 3. The van der Waals surface area contributed by atoms with Crippen LogP contribution in [0.2, 0.25) is 0 Å². The lowest BCUT2D eigenvalue weighted by molar-refractivity contribution is -0.130. The van der Waals surface area contributed by atoms with Crippen molar-refractivity contribution in [1.82, 2.24) is 0 Å². The zero-order valence-electron chi connectivity index (χ0n) is 14.9. The van der Waals surface area contributed by atoms with Gasteiger partial charge in [-0.3, -0.25) is 0 Å². The molecule has 2 heteroatoms. The minimum absolute atomic E-state index is 0.305. The van der Waals surface area contributed by atoms with Crippen molar-refractivity contribution in [3.05, 3.63) is 95.1 Å². The number of ether oxygens (including phenoxy) is 1. The quantitative estimate of drug-likeness (QED) is 0.435. The van der Waals surface area contributed by atoms with Gasteiger partial charge in [0, 0.05) is 5.56 Å². The summed E-state index contributed by atoms with van der Waals surface area (Å²) in [4.78, 5) is 12.3. The molecule has 1 aliphatic heterocycles. The summed E-state index contributed by atoms with van der Waals surface area (Å²) in [7, 11) is 0. The van der Waals surface area contributed by atoms with Crippen molar-refractivity contribution in [2.24, 2.45) is 0 Å². The number of esters is 1. The first kappa shape index (κ1) is 16.3. The highest BCUT2D eigenvalue weighted by Crippen LogP contribution is 2.29. The van der Waals surface area contributed by atoms with Gasteiger partial charge in [0.05, 0.1) is 5.57 Å². The van der Waals surface area contributed by atoms with Crippen molar-refractivity contribution in [2.45, 2.75) is 19.8 Å². The zero-order valence-corrected chi connectivity index (χ0v) is 14.9. The molecule has 0 aliphatic carbocycles. The van der Waals surface area contributed by atoms with Crippen LogP contribution in [0, 0.1) is 0 Å². The Kier molecular flexibility index (Phi) is 4.18. The van der Waals surface area contributed by atoms with E-state index in [0.717, 1.165) is 16.5 Å². The van der Waals surface area contributed by atoms with Gasteiger partial charge in [-0.15, -0.1) is 0 Å². The summed E-state index contributed by atoms with van der Waals surface area (Å²) >= 11 is 0. The highest BCUT2D eigenvalue weighted by molar-refractivity contribution is 6.05. The van der Waals surface area contributed by atoms with E-state index < -0.39 is 0 Å². The fraction of sp³-hybridized carbons (Fsp3) is 0.125. The molecule has 2 nitrogen and oxygen atoms in total. The highest BCUT2D eigenvalue weighted by Gasteiger charge is 2.22. The van der Waals surface area contributed by atoms with Crippen molar-refractivity contribution in [3.8, 4) is 0 Å². The van der Waals surface area contributed by atoms with Crippen molar-refractivity contribution in [2.75, 3.05) is 0 Å². The molecule has 0 radical (unpaired) electrons. The molecule has 0 saturated carbocycles. The monoisotopic (exact) mass is 340 g/mol. The van der Waals surface area contributed by atoms with Crippen LogP contribution in [0.3, 0.4) is 0 Å². The lowest BCUT2D eigenvalue weighted by Gasteiger charge is -2.04. The van der Waals surface area contributed by atoms with Gasteiger partial charge in [-0.25, -0.2) is 4.79 Å². The standard InChI is InChI=1S/C24H20O2/c1-16(2)18-9-7-17(8-10-18)13-22-15-23(26-24(22)25)21-12-11-19-5-3-4-6-20(19)14-21/h3-16H,1-2H3/b22-13-. The minimum Gasteiger partial charge on any atom is -0.422 e. The molecule has 0 spiro atoms. The number of hydrogen-bond acceptors (Lipinski definition) is 2. The Morgan fingerprint density at radius 1 is 0.885 bits per heavy atom. The van der Waals surface area contributed by atoms with Crippen LogP contribution in [-0.4, -0.2) is 5.97 Å². The Bertz CT molecular complexity index is 1040. The van der Waals surface area contributed by atoms with Crippen LogP contribution in [0.1, 0.15) is 36.5 Å². The number of hydrogen-bond donors (Lipinski definition) is 0. The number of carbonyl (C=O) groups excluding carboxylic acids is 1. The van der Waals surface area contributed by atoms with Crippen LogP contribution in [-0.2, 0) is 9.53 Å². The first-order valence-corrected chi connectivity index (χ1v) is 8.85. The fourth-order valence-corrected chi connectivity index (χ4v) is 3.13. The second-order valence-electron chi connectivity index (χ2n) is 6.88. The lowest BCUT2D eigenvalue weighted by Crippen LogP contribution is -1.97. The molecule has 4 rings (SSSR count). The summed E-state index contributed by atoms with van der Waals surface area (Å²) in [5.41, 5.74) is 3.77. The van der Waals surface area contributed by atoms with E-state index in [4.69, 9.17) is 4.74 Å². The molecule has 26 heavy (non-hydrogen) atoms. The van der Waals surface area contributed by atoms with Crippen LogP contribution in [0.15, 0.2) is 78.4 Å². The molecule has 3 aromatic rings. The third kappa shape index (κ3) is 3.18. The van der Waals surface area contributed by atoms with Gasteiger partial charge in [-0.05, 0) is 46.0 Å². The van der Waals surface area contributed by atoms with Gasteiger partial charge in [0.1, 0.15) is 5.76 Å². The van der Waals surface area contributed by atoms with Gasteiger partial charge in [-0.1, -0.05) is 74.5 Å². The smallest absolute Gasteiger partial charge is 0.343 e. The topological polar surface area (TPSA) is 26.3 Å². The summed E-state index contributed by atoms with van der Waals surface area (Å²) < 4.78 is 5.50. The van der Waals surface area contributed by atoms with Crippen LogP contribution in [0.25, 0.3) is 22.6 Å². The second-order valence-corrected chi connectivity index (χ2v) is 6.88. The van der Waals surface area contributed by atoms with E-state index in [1.54, 1.807) is 0 Å². The predicted molar refractivity (Wildman–Crippen MR) is 107 cm³/mol. The molecule has 1 aliphatic rings. The maximum atomic E-state index is 12.3. The maximum absolute atomic E-state index is 12.3. The molecule has 0 atom stereocenters. The van der Waals surface area contributed by atoms with Gasteiger partial charge in [-0.2, -0.15) is 0 Å². The number of cyclic esters (lactones) is 1. The third-order valence-electron chi connectivity index (χ3n) is 4.68. The fourth-order valence-electron chi connectivity index (χ4n) is 3.13. The Morgan fingerprint density at radius 2 is 1.62 bits per heavy atom. The molecular formula is C24H20O2. The molecule has 0 fully saturated rings. The van der Waals surface area contributed by atoms with Crippen LogP contribution >= 0.6 is 0 Å². The summed E-state index contributed by atoms with van der Waals surface area (Å²) in [5, 5.41) is 2.30. The molecule has 0 saturated heterocycles. The van der Waals surface area contributed by atoms with E-state index >= 15 is 0 Å². The minimum atomic E-state index is -0.305. The largest absolute Gasteiger partial charge is 0.422 e. The average molecular weight is 340 g/mol. The summed E-state index contributed by atoms with van der Waals surface area (Å²) in [6, 6.07) is 22.5. The molecule has 0 N–H and O–H groups in total. The lowest BCUT2D eigenvalue weighted by atomic mass is 10.0. The highest BCUT2D eigenvalue weighted by atomic mass is 16.5. The Balaban J connectivity index is 1.65. The van der Waals surface area contributed by atoms with Gasteiger partial charge < -0.3 is 4.74 Å². The molecule has 128 valence electrons. The first-order chi connectivity index (χ1) is 12.6. The number of carbonyl (C=O) groups is 1. The Morgan fingerprint density at radius 3 is 2.35 bits per heavy atom. The molecule has 0 aromatic heterocycles. The zero-order chi connectivity index (χ0) is 18.1. The molecule has 0 bridgehead atoms. The second kappa shape index (κ2) is 6.64. The number of rotatable bonds is 3. The Labute approximate surface area is 153 Å². The maximum Gasteiger partial charge on any atom is 0.343 e. The number of fused-ring (bicyclic) bond motifs is 1. The van der Waals surface area contributed by atoms with Crippen molar-refractivity contribution < 1.29 is 9.53 Å². The molecule has 0 amide bonds. The normalized spacial score (nSPS) is 15.6. The van der Waals surface area contributed by atoms with Crippen LogP contribution < -0.4 is 0 Å². The summed E-state index contributed by atoms with van der Waals surface area (Å²) in [6.07, 6.45) is 3.70. The van der Waals surface area contributed by atoms with Gasteiger partial charge in [0.25, 0.3) is 0 Å². The third-order valence-corrected chi connectivity index (χ3v) is 4.68. The van der Waals surface area contributed by atoms with Crippen molar-refractivity contribution in [3.63, 3.8) is 0 Å². The molecule has 1 heterocycles. The van der Waals surface area contributed by atoms with E-state index in [9.17, 15) is 4.79 Å². The van der Waals surface area contributed by atoms with E-state index in [0.29, 0.717) is 17.3 Å². The van der Waals surface area contributed by atoms with Crippen LogP contribution in [0.4, 0.5) is 0 Å². The summed E-state index contributed by atoms with van der Waals surface area (Å²) in [5.74, 6) is 0.791. The van der Waals surface area contributed by atoms with E-state index in [1.165, 1.54) is 10.9 Å².